The molecule has 0 saturated carbocycles. The largest absolute Gasteiger partial charge is 0.508 e. The highest BCUT2D eigenvalue weighted by atomic mass is 31.2. The average Bonchev–Trinajstić information content (AvgIpc) is 2.89. The van der Waals surface area contributed by atoms with Gasteiger partial charge in [-0.15, -0.1) is 0 Å². The zero-order valence-electron chi connectivity index (χ0n) is 22.8. The Morgan fingerprint density at radius 2 is 1.34 bits per heavy atom. The zero-order chi connectivity index (χ0) is 28.2. The van der Waals surface area contributed by atoms with E-state index in [-0.39, 0.29) is 45.4 Å². The number of phosphoric acid groups is 1. The highest BCUT2D eigenvalue weighted by Gasteiger charge is 2.20. The van der Waals surface area contributed by atoms with E-state index in [1.54, 1.807) is 0 Å². The van der Waals surface area contributed by atoms with Crippen LogP contribution in [0.25, 0.3) is 0 Å². The molecule has 0 aliphatic rings. The molecule has 4 N–H and O–H groups in total. The maximum Gasteiger partial charge on any atom is 0.508 e. The highest BCUT2D eigenvalue weighted by molar-refractivity contribution is 7.47. The van der Waals surface area contributed by atoms with Gasteiger partial charge in [0.25, 0.3) is 0 Å². The lowest BCUT2D eigenvalue weighted by atomic mass is 10.2. The van der Waals surface area contributed by atoms with E-state index >= 15 is 0 Å². The van der Waals surface area contributed by atoms with Crippen LogP contribution in [0.5, 0.6) is 0 Å². The minimum absolute atomic E-state index is 0.0549. The van der Waals surface area contributed by atoms with Crippen LogP contribution in [0.3, 0.4) is 0 Å². The number of nitrogens with two attached hydrogens (primary N) is 1. The Morgan fingerprint density at radius 3 is 1.95 bits per heavy atom. The molecule has 0 saturated heterocycles. The number of carbonyl (C=O) groups excluding carboxylic acids is 2. The van der Waals surface area contributed by atoms with Crippen molar-refractivity contribution in [3.8, 4) is 0 Å². The number of rotatable bonds is 24. The van der Waals surface area contributed by atoms with Crippen LogP contribution in [0.2, 0.25) is 0 Å². The van der Waals surface area contributed by atoms with E-state index in [0.717, 1.165) is 32.1 Å². The lowest BCUT2D eigenvalue weighted by Crippen LogP contribution is -2.28. The van der Waals surface area contributed by atoms with E-state index < -0.39 is 14.0 Å². The summed E-state index contributed by atoms with van der Waals surface area (Å²) in [6.45, 7) is 1.62. The third-order valence-corrected chi connectivity index (χ3v) is 5.82. The van der Waals surface area contributed by atoms with Crippen LogP contribution in [-0.4, -0.2) is 56.5 Å². The van der Waals surface area contributed by atoms with E-state index in [1.807, 2.05) is 0 Å². The van der Waals surface area contributed by atoms with E-state index in [4.69, 9.17) is 10.5 Å². The minimum atomic E-state index is -4.21. The number of phosphoric ester groups is 1. The Hall–Kier alpha value is -2.23. The minimum Gasteiger partial charge on any atom is -0.432 e. The summed E-state index contributed by atoms with van der Waals surface area (Å²) >= 11 is 0. The van der Waals surface area contributed by atoms with Gasteiger partial charge in [-0.1, -0.05) is 68.4 Å². The van der Waals surface area contributed by atoms with Gasteiger partial charge in [-0.05, 0) is 44.9 Å². The zero-order valence-corrected chi connectivity index (χ0v) is 23.7. The molecule has 0 rings (SSSR count). The molecule has 0 aromatic rings. The summed E-state index contributed by atoms with van der Waals surface area (Å²) in [5.41, 5.74) is 5.16. The van der Waals surface area contributed by atoms with Gasteiger partial charge >= 0.3 is 14.0 Å². The van der Waals surface area contributed by atoms with E-state index in [2.05, 4.69) is 74.6 Å². The van der Waals surface area contributed by atoms with E-state index in [0.29, 0.717) is 6.42 Å². The fourth-order valence-corrected chi connectivity index (χ4v) is 3.60. The predicted molar refractivity (Wildman–Crippen MR) is 149 cm³/mol. The summed E-state index contributed by atoms with van der Waals surface area (Å²) in [6.07, 6.45) is 26.1. The predicted octanol–water partition coefficient (Wildman–Crippen LogP) is 5.49. The van der Waals surface area contributed by atoms with Crippen LogP contribution in [-0.2, 0) is 27.9 Å². The van der Waals surface area contributed by atoms with Crippen LogP contribution < -0.4 is 11.1 Å². The van der Waals surface area contributed by atoms with Crippen molar-refractivity contribution in [1.82, 2.24) is 5.32 Å². The molecule has 0 bridgehead atoms. The molecule has 0 aromatic carbocycles. The number of nitrogens with one attached hydrogen (secondary N) is 1. The molecule has 0 aliphatic carbocycles. The van der Waals surface area contributed by atoms with Crippen molar-refractivity contribution >= 4 is 19.9 Å². The van der Waals surface area contributed by atoms with Crippen molar-refractivity contribution in [3.05, 3.63) is 48.6 Å². The number of allylic oxidation sites excluding steroid dienone is 8. The molecule has 1 unspecified atom stereocenters. The Bertz CT molecular complexity index is 768. The van der Waals surface area contributed by atoms with Gasteiger partial charge in [-0.2, -0.15) is 0 Å². The first-order valence-electron chi connectivity index (χ1n) is 13.4. The standard InChI is InChI=1S/C27H47N2O8P/c1-2-3-4-5-6-7-8-9-10-11-12-13-14-15-16-17-18-19-26(30)29-21-23-34-27(31)35-24-25-37-38(32,33)36-22-20-28/h6-7,9-10,12-13,15-16H,2-5,8,11,14,17-25,28H2,1H3,(H,29,30)(H,32,33)/b7-6-,10-9-,13-12-,16-15-. The van der Waals surface area contributed by atoms with Crippen LogP contribution in [0.4, 0.5) is 4.79 Å². The molecule has 0 aromatic heterocycles. The summed E-state index contributed by atoms with van der Waals surface area (Å²) in [6, 6.07) is 0. The second kappa shape index (κ2) is 26.4. The van der Waals surface area contributed by atoms with Crippen molar-refractivity contribution in [2.45, 2.75) is 71.1 Å². The Morgan fingerprint density at radius 1 is 0.789 bits per heavy atom. The molecule has 11 heteroatoms. The van der Waals surface area contributed by atoms with Gasteiger partial charge in [-0.25, -0.2) is 9.36 Å². The lowest BCUT2D eigenvalue weighted by molar-refractivity contribution is -0.121. The van der Waals surface area contributed by atoms with Gasteiger partial charge < -0.3 is 25.4 Å². The molecule has 0 radical (unpaired) electrons. The molecule has 1 amide bonds. The fraction of sp³-hybridized carbons (Fsp3) is 0.630. The second-order valence-electron chi connectivity index (χ2n) is 8.20. The van der Waals surface area contributed by atoms with Crippen LogP contribution >= 0.6 is 7.82 Å². The van der Waals surface area contributed by atoms with Gasteiger partial charge in [0.1, 0.15) is 13.2 Å². The van der Waals surface area contributed by atoms with E-state index in [1.165, 1.54) is 25.7 Å². The number of amides is 1. The quantitative estimate of drug-likeness (QED) is 0.0605. The molecule has 1 atom stereocenters. The number of hydrogen-bond acceptors (Lipinski definition) is 8. The SMILES string of the molecule is CCCCC/C=C\C/C=C\C/C=C\C/C=C\CCCC(=O)NCCOC(=O)OCCOP(=O)(O)OCCN. The van der Waals surface area contributed by atoms with Crippen molar-refractivity contribution < 1.29 is 37.6 Å². The Labute approximate surface area is 227 Å². The molecule has 0 aliphatic heterocycles. The monoisotopic (exact) mass is 558 g/mol. The molecule has 0 fully saturated rings. The molecule has 38 heavy (non-hydrogen) atoms. The first-order valence-corrected chi connectivity index (χ1v) is 14.9. The summed E-state index contributed by atoms with van der Waals surface area (Å²) in [7, 11) is -4.21. The highest BCUT2D eigenvalue weighted by Crippen LogP contribution is 2.42. The normalized spacial score (nSPS) is 13.6. The van der Waals surface area contributed by atoms with Gasteiger partial charge in [-0.3, -0.25) is 13.8 Å². The number of carbonyl (C=O) groups is 2. The molecule has 0 spiro atoms. The Balaban J connectivity index is 3.60. The third kappa shape index (κ3) is 26.8. The maximum absolute atomic E-state index is 11.8. The van der Waals surface area contributed by atoms with Crippen molar-refractivity contribution in [2.24, 2.45) is 5.73 Å². The Kier molecular flexibility index (Phi) is 24.8. The topological polar surface area (TPSA) is 146 Å². The van der Waals surface area contributed by atoms with Crippen LogP contribution in [0.1, 0.15) is 71.1 Å². The summed E-state index contributed by atoms with van der Waals surface area (Å²) in [5, 5.41) is 2.66. The second-order valence-corrected chi connectivity index (χ2v) is 9.65. The van der Waals surface area contributed by atoms with Gasteiger partial charge in [0.15, 0.2) is 0 Å². The summed E-state index contributed by atoms with van der Waals surface area (Å²) in [5.74, 6) is -0.123. The summed E-state index contributed by atoms with van der Waals surface area (Å²) in [4.78, 5) is 32.5. The molecule has 10 nitrogen and oxygen atoms in total. The molecular weight excluding hydrogens is 511 g/mol. The van der Waals surface area contributed by atoms with Gasteiger partial charge in [0.05, 0.1) is 19.8 Å². The molecular formula is C27H47N2O8P. The lowest BCUT2D eigenvalue weighted by Gasteiger charge is -2.11. The third-order valence-electron chi connectivity index (χ3n) is 4.81. The molecule has 218 valence electrons. The fourth-order valence-electron chi connectivity index (χ4n) is 2.88. The first-order chi connectivity index (χ1) is 18.4. The average molecular weight is 559 g/mol. The number of hydrogen-bond donors (Lipinski definition) is 3. The maximum atomic E-state index is 11.8. The van der Waals surface area contributed by atoms with Crippen molar-refractivity contribution in [2.75, 3.05) is 39.5 Å². The van der Waals surface area contributed by atoms with Crippen LogP contribution in [0.15, 0.2) is 48.6 Å². The first kappa shape index (κ1) is 35.8. The van der Waals surface area contributed by atoms with Crippen molar-refractivity contribution in [3.63, 3.8) is 0 Å². The van der Waals surface area contributed by atoms with Gasteiger partial charge in [0, 0.05) is 13.0 Å². The van der Waals surface area contributed by atoms with Gasteiger partial charge in [0.2, 0.25) is 5.91 Å². The number of unbranched alkanes of at least 4 members (excludes halogenated alkanes) is 4. The molecule has 0 heterocycles. The van der Waals surface area contributed by atoms with Crippen molar-refractivity contribution in [1.29, 1.82) is 0 Å². The van der Waals surface area contributed by atoms with Crippen LogP contribution in [0, 0.1) is 0 Å². The van der Waals surface area contributed by atoms with E-state index in [9.17, 15) is 19.0 Å². The smallest absolute Gasteiger partial charge is 0.432 e. The summed E-state index contributed by atoms with van der Waals surface area (Å²) < 4.78 is 29.9. The number of ether oxygens (including phenoxy) is 2.